The van der Waals surface area contributed by atoms with Crippen molar-refractivity contribution in [3.8, 4) is 12.3 Å². The molecule has 3 atom stereocenters. The quantitative estimate of drug-likeness (QED) is 0.124. The Morgan fingerprint density at radius 1 is 1.04 bits per heavy atom. The summed E-state index contributed by atoms with van der Waals surface area (Å²) in [5.74, 6) is 0.963. The Balaban J connectivity index is 1.46. The van der Waals surface area contributed by atoms with Gasteiger partial charge in [0, 0.05) is 6.42 Å². The van der Waals surface area contributed by atoms with E-state index in [-0.39, 0.29) is 29.0 Å². The number of rotatable bonds is 7. The minimum atomic E-state index is -1.74. The van der Waals surface area contributed by atoms with E-state index in [1.165, 1.54) is 10.9 Å². The van der Waals surface area contributed by atoms with Crippen molar-refractivity contribution in [2.75, 3.05) is 11.9 Å². The lowest BCUT2D eigenvalue weighted by Gasteiger charge is -2.28. The van der Waals surface area contributed by atoms with Gasteiger partial charge < -0.3 is 18.9 Å². The first-order valence-corrected chi connectivity index (χ1v) is 14.3. The fraction of sp³-hybridized carbons (Fsp3) is 0.333. The third-order valence-corrected chi connectivity index (χ3v) is 7.09. The molecule has 1 N–H and O–H groups in total. The summed E-state index contributed by atoms with van der Waals surface area (Å²) in [6.07, 6.45) is 3.08. The fourth-order valence-corrected chi connectivity index (χ4v) is 4.77. The van der Waals surface area contributed by atoms with Crippen LogP contribution in [0.2, 0.25) is 0 Å². The van der Waals surface area contributed by atoms with Crippen LogP contribution in [-0.4, -0.2) is 61.5 Å². The monoisotopic (exact) mass is 629 g/mol. The summed E-state index contributed by atoms with van der Waals surface area (Å²) in [6, 6.07) is 13.5. The average Bonchev–Trinajstić information content (AvgIpc) is 3.57. The number of imidazole rings is 1. The van der Waals surface area contributed by atoms with Gasteiger partial charge in [-0.3, -0.25) is 9.88 Å². The molecule has 2 aromatic carbocycles. The zero-order valence-electron chi connectivity index (χ0n) is 25.9. The average molecular weight is 630 g/mol. The Morgan fingerprint density at radius 2 is 1.65 bits per heavy atom. The lowest BCUT2D eigenvalue weighted by molar-refractivity contribution is -0.0967. The van der Waals surface area contributed by atoms with Crippen molar-refractivity contribution < 1.29 is 37.7 Å². The SMILES string of the molecule is C#CC1(COC(=O)c2ccc(C)cc2)OC(n2cnc3c(NC(=O)OC(C)(C)C)nc(F)nc32)CC1OC(=O)c1ccc(C)cc1. The van der Waals surface area contributed by atoms with Gasteiger partial charge in [-0.25, -0.2) is 19.4 Å². The van der Waals surface area contributed by atoms with Crippen LogP contribution in [0.15, 0.2) is 54.9 Å². The first-order valence-electron chi connectivity index (χ1n) is 14.3. The number of nitrogens with zero attached hydrogens (tertiary/aromatic N) is 4. The maximum absolute atomic E-state index is 14.7. The van der Waals surface area contributed by atoms with Gasteiger partial charge in [-0.15, -0.1) is 6.42 Å². The summed E-state index contributed by atoms with van der Waals surface area (Å²) < 4.78 is 39.0. The predicted molar refractivity (Wildman–Crippen MR) is 163 cm³/mol. The number of esters is 2. The molecule has 5 rings (SSSR count). The summed E-state index contributed by atoms with van der Waals surface area (Å²) in [5.41, 5.74) is -0.105. The number of fused-ring (bicyclic) bond motifs is 1. The van der Waals surface area contributed by atoms with Gasteiger partial charge in [-0.05, 0) is 58.9 Å². The molecule has 238 valence electrons. The maximum atomic E-state index is 14.7. The molecule has 0 spiro atoms. The molecule has 12 nitrogen and oxygen atoms in total. The third kappa shape index (κ3) is 6.97. The van der Waals surface area contributed by atoms with Crippen molar-refractivity contribution in [3.05, 3.63) is 83.2 Å². The van der Waals surface area contributed by atoms with Crippen LogP contribution in [0.1, 0.15) is 65.3 Å². The van der Waals surface area contributed by atoms with E-state index < -0.39 is 54.3 Å². The first-order chi connectivity index (χ1) is 21.8. The van der Waals surface area contributed by atoms with Crippen LogP contribution in [0.3, 0.4) is 0 Å². The molecule has 1 amide bonds. The van der Waals surface area contributed by atoms with E-state index in [1.54, 1.807) is 69.3 Å². The number of amides is 1. The summed E-state index contributed by atoms with van der Waals surface area (Å²) in [7, 11) is 0. The molecule has 2 aromatic heterocycles. The molecule has 0 saturated carbocycles. The Morgan fingerprint density at radius 3 is 2.24 bits per heavy atom. The van der Waals surface area contributed by atoms with Gasteiger partial charge >= 0.3 is 24.1 Å². The Bertz CT molecular complexity index is 1830. The van der Waals surface area contributed by atoms with E-state index in [9.17, 15) is 18.8 Å². The number of hydrogen-bond donors (Lipinski definition) is 1. The smallest absolute Gasteiger partial charge is 0.413 e. The van der Waals surface area contributed by atoms with Gasteiger partial charge in [0.25, 0.3) is 0 Å². The molecule has 3 heterocycles. The molecular weight excluding hydrogens is 597 g/mol. The van der Waals surface area contributed by atoms with Crippen LogP contribution in [0, 0.1) is 32.3 Å². The Hall–Kier alpha value is -5.35. The highest BCUT2D eigenvalue weighted by atomic mass is 19.1. The highest BCUT2D eigenvalue weighted by molar-refractivity contribution is 5.93. The molecule has 46 heavy (non-hydrogen) atoms. The number of hydrogen-bond acceptors (Lipinski definition) is 10. The summed E-state index contributed by atoms with van der Waals surface area (Å²) in [5, 5.41) is 2.39. The molecule has 1 saturated heterocycles. The van der Waals surface area contributed by atoms with Gasteiger partial charge in [0.2, 0.25) is 5.60 Å². The second-order valence-electron chi connectivity index (χ2n) is 11.8. The zero-order chi connectivity index (χ0) is 33.2. The number of aryl methyl sites for hydroxylation is 2. The van der Waals surface area contributed by atoms with Crippen LogP contribution in [0.25, 0.3) is 11.2 Å². The topological polar surface area (TPSA) is 144 Å². The Kier molecular flexibility index (Phi) is 8.76. The number of aromatic nitrogens is 4. The number of anilines is 1. The number of ether oxygens (including phenoxy) is 4. The number of carbonyl (C=O) groups excluding carboxylic acids is 3. The molecule has 4 aromatic rings. The lowest BCUT2D eigenvalue weighted by Crippen LogP contribution is -2.45. The van der Waals surface area contributed by atoms with E-state index in [2.05, 4.69) is 26.2 Å². The van der Waals surface area contributed by atoms with Crippen molar-refractivity contribution in [3.63, 3.8) is 0 Å². The normalized spacial score (nSPS) is 19.3. The largest absolute Gasteiger partial charge is 0.458 e. The van der Waals surface area contributed by atoms with Crippen molar-refractivity contribution >= 4 is 35.0 Å². The number of halogens is 1. The van der Waals surface area contributed by atoms with Crippen LogP contribution in [0.5, 0.6) is 0 Å². The van der Waals surface area contributed by atoms with Crippen LogP contribution >= 0.6 is 0 Å². The number of benzene rings is 2. The van der Waals surface area contributed by atoms with Gasteiger partial charge in [0.15, 0.2) is 23.1 Å². The highest BCUT2D eigenvalue weighted by Gasteiger charge is 2.52. The molecule has 1 fully saturated rings. The van der Waals surface area contributed by atoms with Crippen LogP contribution in [0.4, 0.5) is 15.0 Å². The molecule has 0 aliphatic carbocycles. The zero-order valence-corrected chi connectivity index (χ0v) is 25.9. The lowest BCUT2D eigenvalue weighted by atomic mass is 9.98. The van der Waals surface area contributed by atoms with Crippen molar-refractivity contribution in [1.29, 1.82) is 0 Å². The van der Waals surface area contributed by atoms with Crippen molar-refractivity contribution in [2.24, 2.45) is 0 Å². The van der Waals surface area contributed by atoms with Crippen LogP contribution in [-0.2, 0) is 18.9 Å². The molecule has 1 aliphatic rings. The van der Waals surface area contributed by atoms with Gasteiger partial charge in [0.1, 0.15) is 18.4 Å². The van der Waals surface area contributed by atoms with E-state index in [1.807, 2.05) is 13.8 Å². The molecule has 0 radical (unpaired) electrons. The molecular formula is C33H32FN5O7. The van der Waals surface area contributed by atoms with E-state index in [0.29, 0.717) is 5.56 Å². The first kappa shape index (κ1) is 32.1. The maximum Gasteiger partial charge on any atom is 0.413 e. The van der Waals surface area contributed by atoms with Crippen molar-refractivity contribution in [2.45, 2.75) is 64.6 Å². The van der Waals surface area contributed by atoms with Crippen molar-refractivity contribution in [1.82, 2.24) is 19.5 Å². The summed E-state index contributed by atoms with van der Waals surface area (Å²) in [6.45, 7) is 8.31. The number of carbonyl (C=O) groups is 3. The minimum Gasteiger partial charge on any atom is -0.458 e. The summed E-state index contributed by atoms with van der Waals surface area (Å²) >= 11 is 0. The third-order valence-electron chi connectivity index (χ3n) is 7.09. The molecule has 1 aliphatic heterocycles. The van der Waals surface area contributed by atoms with E-state index in [0.717, 1.165) is 11.1 Å². The van der Waals surface area contributed by atoms with E-state index in [4.69, 9.17) is 25.4 Å². The summed E-state index contributed by atoms with van der Waals surface area (Å²) in [4.78, 5) is 50.3. The minimum absolute atomic E-state index is 0.0352. The predicted octanol–water partition coefficient (Wildman–Crippen LogP) is 5.30. The number of terminal acetylenes is 1. The van der Waals surface area contributed by atoms with Crippen LogP contribution < -0.4 is 5.32 Å². The second kappa shape index (κ2) is 12.6. The fourth-order valence-electron chi connectivity index (χ4n) is 4.77. The second-order valence-corrected chi connectivity index (χ2v) is 11.8. The van der Waals surface area contributed by atoms with Gasteiger partial charge in [-0.1, -0.05) is 41.3 Å². The van der Waals surface area contributed by atoms with E-state index >= 15 is 0 Å². The number of nitrogens with one attached hydrogen (secondary N) is 1. The van der Waals surface area contributed by atoms with Gasteiger partial charge in [0.05, 0.1) is 17.5 Å². The van der Waals surface area contributed by atoms with Gasteiger partial charge in [-0.2, -0.15) is 14.4 Å². The molecule has 0 bridgehead atoms. The Labute approximate surface area is 264 Å². The molecule has 3 unspecified atom stereocenters. The standard InChI is InChI=1S/C33H32FN5O7/c1-7-33(17-43-28(40)21-12-8-19(2)9-13-21)23(44-29(41)22-14-10-20(3)11-15-22)16-24(45-33)39-18-35-25-26(36-30(34)38-27(25)39)37-31(42)46-32(4,5)6/h1,8-15,18,23-24H,16-17H2,2-6H3,(H,36,37,38,42). The molecule has 13 heteroatoms. The highest BCUT2D eigenvalue weighted by Crippen LogP contribution is 2.41.